The van der Waals surface area contributed by atoms with Gasteiger partial charge in [0.05, 0.1) is 11.9 Å². The van der Waals surface area contributed by atoms with Crippen molar-refractivity contribution in [1.29, 1.82) is 0 Å². The van der Waals surface area contributed by atoms with E-state index in [0.717, 1.165) is 25.7 Å². The average Bonchev–Trinajstić information content (AvgIpc) is 3.18. The lowest BCUT2D eigenvalue weighted by Gasteiger charge is -2.13. The van der Waals surface area contributed by atoms with E-state index in [2.05, 4.69) is 10.3 Å². The number of carbonyl (C=O) groups is 1. The third-order valence-electron chi connectivity index (χ3n) is 3.93. The number of nitrogens with one attached hydrogen (secondary N) is 1. The van der Waals surface area contributed by atoms with E-state index in [1.54, 1.807) is 18.3 Å². The van der Waals surface area contributed by atoms with E-state index in [1.807, 2.05) is 0 Å². The normalized spacial score (nSPS) is 20.6. The van der Waals surface area contributed by atoms with Crippen LogP contribution in [0.25, 0.3) is 0 Å². The Morgan fingerprint density at radius 3 is 2.65 bits per heavy atom. The molecule has 0 spiro atoms. The van der Waals surface area contributed by atoms with Gasteiger partial charge < -0.3 is 15.2 Å². The van der Waals surface area contributed by atoms with Crippen LogP contribution in [0.5, 0.6) is 5.88 Å². The van der Waals surface area contributed by atoms with Crippen molar-refractivity contribution in [2.45, 2.75) is 50.7 Å². The molecule has 2 saturated carbocycles. The van der Waals surface area contributed by atoms with E-state index in [-0.39, 0.29) is 17.9 Å². The standard InChI is InChI=1S/C15H20N2O3/c18-14(10-5-6-10)15(19)17-11-7-8-13(16-9-11)20-12-3-1-2-4-12/h7-10,12,14,18H,1-6H2,(H,17,19)/t14-/m1/s1. The third kappa shape index (κ3) is 3.28. The molecule has 0 bridgehead atoms. The summed E-state index contributed by atoms with van der Waals surface area (Å²) in [7, 11) is 0. The summed E-state index contributed by atoms with van der Waals surface area (Å²) in [6.45, 7) is 0. The van der Waals surface area contributed by atoms with Gasteiger partial charge in [-0.2, -0.15) is 0 Å². The minimum Gasteiger partial charge on any atom is -0.474 e. The zero-order valence-electron chi connectivity index (χ0n) is 11.4. The largest absolute Gasteiger partial charge is 0.474 e. The van der Waals surface area contributed by atoms with Gasteiger partial charge in [0, 0.05) is 6.07 Å². The van der Waals surface area contributed by atoms with Crippen LogP contribution in [0.15, 0.2) is 18.3 Å². The van der Waals surface area contributed by atoms with E-state index in [4.69, 9.17) is 4.74 Å². The summed E-state index contributed by atoms with van der Waals surface area (Å²) in [6, 6.07) is 3.52. The van der Waals surface area contributed by atoms with Crippen molar-refractivity contribution in [3.8, 4) is 5.88 Å². The summed E-state index contributed by atoms with van der Waals surface area (Å²) in [5.41, 5.74) is 0.591. The Bertz CT molecular complexity index is 465. The number of rotatable bonds is 5. The molecular weight excluding hydrogens is 256 g/mol. The highest BCUT2D eigenvalue weighted by molar-refractivity contribution is 5.94. The lowest BCUT2D eigenvalue weighted by molar-refractivity contribution is -0.124. The molecule has 2 fully saturated rings. The number of carbonyl (C=O) groups excluding carboxylic acids is 1. The minimum absolute atomic E-state index is 0.132. The van der Waals surface area contributed by atoms with Crippen molar-refractivity contribution < 1.29 is 14.6 Å². The molecule has 2 aliphatic carbocycles. The van der Waals surface area contributed by atoms with E-state index in [1.165, 1.54) is 12.8 Å². The quantitative estimate of drug-likeness (QED) is 0.864. The number of hydrogen-bond acceptors (Lipinski definition) is 4. The molecule has 108 valence electrons. The topological polar surface area (TPSA) is 71.5 Å². The van der Waals surface area contributed by atoms with Gasteiger partial charge >= 0.3 is 0 Å². The summed E-state index contributed by atoms with van der Waals surface area (Å²) in [6.07, 6.45) is 7.44. The van der Waals surface area contributed by atoms with E-state index in [0.29, 0.717) is 11.6 Å². The van der Waals surface area contributed by atoms with Gasteiger partial charge in [-0.25, -0.2) is 4.98 Å². The molecule has 0 aliphatic heterocycles. The van der Waals surface area contributed by atoms with Gasteiger partial charge in [0.15, 0.2) is 0 Å². The van der Waals surface area contributed by atoms with Crippen molar-refractivity contribution in [3.63, 3.8) is 0 Å². The van der Waals surface area contributed by atoms with E-state index >= 15 is 0 Å². The second-order valence-corrected chi connectivity index (χ2v) is 5.68. The maximum absolute atomic E-state index is 11.7. The van der Waals surface area contributed by atoms with Gasteiger partial charge in [0.25, 0.3) is 5.91 Å². The van der Waals surface area contributed by atoms with Crippen LogP contribution in [0.4, 0.5) is 5.69 Å². The Morgan fingerprint density at radius 2 is 2.05 bits per heavy atom. The number of anilines is 1. The second-order valence-electron chi connectivity index (χ2n) is 5.68. The number of amides is 1. The average molecular weight is 276 g/mol. The first kappa shape index (κ1) is 13.4. The zero-order chi connectivity index (χ0) is 13.9. The summed E-state index contributed by atoms with van der Waals surface area (Å²) >= 11 is 0. The summed E-state index contributed by atoms with van der Waals surface area (Å²) < 4.78 is 5.76. The summed E-state index contributed by atoms with van der Waals surface area (Å²) in [4.78, 5) is 15.9. The molecule has 0 aromatic carbocycles. The molecule has 1 heterocycles. The number of pyridine rings is 1. The van der Waals surface area contributed by atoms with Gasteiger partial charge in [0.1, 0.15) is 12.2 Å². The predicted molar refractivity (Wildman–Crippen MR) is 74.5 cm³/mol. The molecule has 2 N–H and O–H groups in total. The van der Waals surface area contributed by atoms with Gasteiger partial charge in [-0.05, 0) is 50.5 Å². The molecule has 0 unspecified atom stereocenters. The fourth-order valence-corrected chi connectivity index (χ4v) is 2.54. The van der Waals surface area contributed by atoms with Crippen molar-refractivity contribution in [2.24, 2.45) is 5.92 Å². The maximum atomic E-state index is 11.7. The maximum Gasteiger partial charge on any atom is 0.253 e. The van der Waals surface area contributed by atoms with E-state index in [9.17, 15) is 9.90 Å². The number of aliphatic hydroxyl groups excluding tert-OH is 1. The Balaban J connectivity index is 1.53. The molecule has 5 heteroatoms. The van der Waals surface area contributed by atoms with Crippen LogP contribution >= 0.6 is 0 Å². The van der Waals surface area contributed by atoms with E-state index < -0.39 is 6.10 Å². The molecular formula is C15H20N2O3. The SMILES string of the molecule is O=C(Nc1ccc(OC2CCCC2)nc1)[C@H](O)C1CC1. The Hall–Kier alpha value is -1.62. The molecule has 3 rings (SSSR count). The third-order valence-corrected chi connectivity index (χ3v) is 3.93. The van der Waals surface area contributed by atoms with Crippen molar-refractivity contribution in [2.75, 3.05) is 5.32 Å². The lowest BCUT2D eigenvalue weighted by Crippen LogP contribution is -2.29. The van der Waals surface area contributed by atoms with Crippen LogP contribution in [-0.4, -0.2) is 28.2 Å². The van der Waals surface area contributed by atoms with Crippen LogP contribution in [0, 0.1) is 5.92 Å². The van der Waals surface area contributed by atoms with Crippen molar-refractivity contribution in [1.82, 2.24) is 4.98 Å². The zero-order valence-corrected chi connectivity index (χ0v) is 11.4. The van der Waals surface area contributed by atoms with Gasteiger partial charge in [-0.15, -0.1) is 0 Å². The predicted octanol–water partition coefficient (Wildman–Crippen LogP) is 2.11. The first-order valence-electron chi connectivity index (χ1n) is 7.34. The number of ether oxygens (including phenoxy) is 1. The minimum atomic E-state index is -0.899. The number of hydrogen-bond donors (Lipinski definition) is 2. The number of nitrogens with zero attached hydrogens (tertiary/aromatic N) is 1. The smallest absolute Gasteiger partial charge is 0.253 e. The van der Waals surface area contributed by atoms with Crippen LogP contribution in [0.2, 0.25) is 0 Å². The summed E-state index contributed by atoms with van der Waals surface area (Å²) in [5, 5.41) is 12.4. The Labute approximate surface area is 118 Å². The number of aromatic nitrogens is 1. The monoisotopic (exact) mass is 276 g/mol. The molecule has 0 radical (unpaired) electrons. The van der Waals surface area contributed by atoms with Crippen molar-refractivity contribution in [3.05, 3.63) is 18.3 Å². The van der Waals surface area contributed by atoms with Crippen LogP contribution in [0.3, 0.4) is 0 Å². The van der Waals surface area contributed by atoms with Crippen LogP contribution in [-0.2, 0) is 4.79 Å². The molecule has 5 nitrogen and oxygen atoms in total. The van der Waals surface area contributed by atoms with Gasteiger partial charge in [-0.3, -0.25) is 4.79 Å². The molecule has 2 aliphatic rings. The lowest BCUT2D eigenvalue weighted by atomic mass is 10.2. The summed E-state index contributed by atoms with van der Waals surface area (Å²) in [5.74, 6) is 0.379. The van der Waals surface area contributed by atoms with Crippen LogP contribution < -0.4 is 10.1 Å². The highest BCUT2D eigenvalue weighted by Gasteiger charge is 2.34. The fraction of sp³-hybridized carbons (Fsp3) is 0.600. The molecule has 1 atom stereocenters. The molecule has 1 aromatic rings. The first-order chi connectivity index (χ1) is 9.72. The second kappa shape index (κ2) is 5.79. The highest BCUT2D eigenvalue weighted by atomic mass is 16.5. The molecule has 20 heavy (non-hydrogen) atoms. The van der Waals surface area contributed by atoms with Gasteiger partial charge in [0.2, 0.25) is 5.88 Å². The number of aliphatic hydroxyl groups is 1. The Kier molecular flexibility index (Phi) is 3.87. The molecule has 1 amide bonds. The van der Waals surface area contributed by atoms with Gasteiger partial charge in [-0.1, -0.05) is 0 Å². The molecule has 0 saturated heterocycles. The first-order valence-corrected chi connectivity index (χ1v) is 7.34. The fourth-order valence-electron chi connectivity index (χ4n) is 2.54. The van der Waals surface area contributed by atoms with Crippen molar-refractivity contribution >= 4 is 11.6 Å². The molecule has 1 aromatic heterocycles. The highest BCUT2D eigenvalue weighted by Crippen LogP contribution is 2.33. The Morgan fingerprint density at radius 1 is 1.30 bits per heavy atom. The van der Waals surface area contributed by atoms with Crippen LogP contribution in [0.1, 0.15) is 38.5 Å².